The first-order valence-corrected chi connectivity index (χ1v) is 10.7. The van der Waals surface area contributed by atoms with Gasteiger partial charge in [0.15, 0.2) is 0 Å². The van der Waals surface area contributed by atoms with Gasteiger partial charge in [0.05, 0.1) is 11.8 Å². The zero-order chi connectivity index (χ0) is 21.3. The van der Waals surface area contributed by atoms with Crippen LogP contribution in [0.3, 0.4) is 0 Å². The lowest BCUT2D eigenvalue weighted by Crippen LogP contribution is -2.61. The van der Waals surface area contributed by atoms with Crippen LogP contribution in [0, 0.1) is 24.2 Å². The van der Waals surface area contributed by atoms with Gasteiger partial charge in [-0.3, -0.25) is 15.4 Å². The zero-order valence-corrected chi connectivity index (χ0v) is 17.2. The Bertz CT molecular complexity index is 973. The summed E-state index contributed by atoms with van der Waals surface area (Å²) in [7, 11) is -4.14. The van der Waals surface area contributed by atoms with Crippen molar-refractivity contribution < 1.29 is 18.0 Å². The van der Waals surface area contributed by atoms with E-state index in [-0.39, 0.29) is 28.6 Å². The monoisotopic (exact) mass is 420 g/mol. The van der Waals surface area contributed by atoms with Crippen LogP contribution in [-0.4, -0.2) is 56.0 Å². The van der Waals surface area contributed by atoms with Crippen LogP contribution >= 0.6 is 0 Å². The number of sulfonamides is 1. The maximum absolute atomic E-state index is 12.9. The summed E-state index contributed by atoms with van der Waals surface area (Å²) in [5.74, 6) is -0.596. The molecule has 0 saturated carbocycles. The number of urea groups is 1. The number of carbonyl (C=O) groups is 2. The van der Waals surface area contributed by atoms with E-state index in [0.29, 0.717) is 16.4 Å². The molecule has 2 heterocycles. The zero-order valence-electron chi connectivity index (χ0n) is 16.4. The highest BCUT2D eigenvalue weighted by Gasteiger charge is 2.39. The first-order chi connectivity index (χ1) is 13.6. The van der Waals surface area contributed by atoms with Crippen molar-refractivity contribution in [1.82, 2.24) is 20.3 Å². The molecule has 1 fully saturated rings. The van der Waals surface area contributed by atoms with E-state index in [4.69, 9.17) is 5.26 Å². The lowest BCUT2D eigenvalue weighted by Gasteiger charge is -2.37. The van der Waals surface area contributed by atoms with Crippen LogP contribution in [0.25, 0.3) is 0 Å². The fourth-order valence-electron chi connectivity index (χ4n) is 3.75. The number of rotatable bonds is 4. The van der Waals surface area contributed by atoms with Gasteiger partial charge in [-0.05, 0) is 32.4 Å². The van der Waals surface area contributed by atoms with E-state index in [9.17, 15) is 18.0 Å². The van der Waals surface area contributed by atoms with Crippen molar-refractivity contribution >= 4 is 27.6 Å². The van der Waals surface area contributed by atoms with E-state index in [2.05, 4.69) is 27.3 Å². The molecule has 0 radical (unpaired) electrons. The molecule has 3 unspecified atom stereocenters. The molecule has 1 saturated heterocycles. The predicted molar refractivity (Wildman–Crippen MR) is 105 cm³/mol. The molecule has 0 aliphatic carbocycles. The van der Waals surface area contributed by atoms with E-state index in [1.54, 1.807) is 26.0 Å². The van der Waals surface area contributed by atoms with Crippen LogP contribution in [0.15, 0.2) is 23.1 Å². The Morgan fingerprint density at radius 2 is 2.17 bits per heavy atom. The van der Waals surface area contributed by atoms with Crippen LogP contribution in [0.4, 0.5) is 10.5 Å². The molecule has 10 nitrogen and oxygen atoms in total. The third-order valence-corrected chi connectivity index (χ3v) is 7.24. The molecule has 4 atom stereocenters. The number of nitrogens with one attached hydrogen (secondary N) is 4. The van der Waals surface area contributed by atoms with Crippen LogP contribution in [0.2, 0.25) is 0 Å². The summed E-state index contributed by atoms with van der Waals surface area (Å²) in [4.78, 5) is 24.9. The Morgan fingerprint density at radius 3 is 2.83 bits per heavy atom. The third-order valence-electron chi connectivity index (χ3n) is 5.30. The van der Waals surface area contributed by atoms with Crippen molar-refractivity contribution in [3.63, 3.8) is 0 Å². The largest absolute Gasteiger partial charge is 0.352 e. The summed E-state index contributed by atoms with van der Waals surface area (Å²) in [6.45, 7) is 5.26. The molecule has 11 heteroatoms. The second-order valence-corrected chi connectivity index (χ2v) is 9.14. The minimum absolute atomic E-state index is 0.00250. The number of aryl methyl sites for hydroxylation is 1. The van der Waals surface area contributed by atoms with Crippen LogP contribution in [-0.2, 0) is 14.8 Å². The molecule has 2 aliphatic rings. The van der Waals surface area contributed by atoms with Gasteiger partial charge >= 0.3 is 6.03 Å². The van der Waals surface area contributed by atoms with Crippen molar-refractivity contribution in [3.05, 3.63) is 23.8 Å². The quantitative estimate of drug-likeness (QED) is 0.540. The minimum atomic E-state index is -4.14. The summed E-state index contributed by atoms with van der Waals surface area (Å²) in [5.41, 5.74) is 0.696. The maximum Gasteiger partial charge on any atom is 0.336 e. The molecule has 4 N–H and O–H groups in total. The predicted octanol–water partition coefficient (Wildman–Crippen LogP) is 0.0831. The van der Waals surface area contributed by atoms with E-state index < -0.39 is 34.7 Å². The summed E-state index contributed by atoms with van der Waals surface area (Å²) >= 11 is 0. The second kappa shape index (κ2) is 7.98. The molecular weight excluding hydrogens is 396 g/mol. The van der Waals surface area contributed by atoms with Crippen molar-refractivity contribution in [2.24, 2.45) is 5.92 Å². The van der Waals surface area contributed by atoms with Crippen molar-refractivity contribution in [2.45, 2.75) is 43.9 Å². The van der Waals surface area contributed by atoms with Crippen molar-refractivity contribution in [3.8, 4) is 6.07 Å². The highest BCUT2D eigenvalue weighted by atomic mass is 32.2. The summed E-state index contributed by atoms with van der Waals surface area (Å²) < 4.78 is 26.4. The van der Waals surface area contributed by atoms with Gasteiger partial charge < -0.3 is 10.6 Å². The minimum Gasteiger partial charge on any atom is -0.352 e. The molecule has 1 aromatic carbocycles. The van der Waals surface area contributed by atoms with Gasteiger partial charge in [0.2, 0.25) is 5.91 Å². The molecule has 0 aromatic heterocycles. The number of amides is 3. The summed E-state index contributed by atoms with van der Waals surface area (Å²) in [6, 6.07) is 5.68. The Kier molecular flexibility index (Phi) is 5.79. The van der Waals surface area contributed by atoms with Gasteiger partial charge in [0, 0.05) is 24.5 Å². The van der Waals surface area contributed by atoms with Gasteiger partial charge in [-0.15, -0.1) is 0 Å². The van der Waals surface area contributed by atoms with Gasteiger partial charge in [0.25, 0.3) is 10.0 Å². The smallest absolute Gasteiger partial charge is 0.336 e. The Balaban J connectivity index is 1.70. The number of fused-ring (bicyclic) bond motifs is 1. The lowest BCUT2D eigenvalue weighted by atomic mass is 9.91. The van der Waals surface area contributed by atoms with Crippen LogP contribution in [0.5, 0.6) is 0 Å². The molecule has 29 heavy (non-hydrogen) atoms. The number of hydrogen-bond donors (Lipinski definition) is 4. The highest BCUT2D eigenvalue weighted by molar-refractivity contribution is 7.90. The Labute approximate surface area is 169 Å². The molecular formula is C18H24N6O4S. The molecule has 3 amide bonds. The Morgan fingerprint density at radius 1 is 1.45 bits per heavy atom. The average molecular weight is 420 g/mol. The van der Waals surface area contributed by atoms with E-state index in [0.717, 1.165) is 0 Å². The maximum atomic E-state index is 12.9. The normalized spacial score (nSPS) is 26.6. The molecule has 0 spiro atoms. The van der Waals surface area contributed by atoms with Crippen molar-refractivity contribution in [1.29, 1.82) is 5.26 Å². The molecule has 3 rings (SSSR count). The fourth-order valence-corrected chi connectivity index (χ4v) is 5.40. The first kappa shape index (κ1) is 21.0. The summed E-state index contributed by atoms with van der Waals surface area (Å²) in [6.07, 6.45) is -0.449. The number of carbonyl (C=O) groups excluding carboxylic acids is 2. The fraction of sp³-hybridized carbons (Fsp3) is 0.500. The highest BCUT2D eigenvalue weighted by Crippen LogP contribution is 2.32. The number of anilines is 1. The van der Waals surface area contributed by atoms with Crippen LogP contribution in [0.1, 0.15) is 19.4 Å². The third kappa shape index (κ3) is 4.05. The Hall–Kier alpha value is -2.68. The van der Waals surface area contributed by atoms with Crippen LogP contribution < -0.4 is 21.3 Å². The van der Waals surface area contributed by atoms with Gasteiger partial charge in [-0.1, -0.05) is 12.1 Å². The summed E-state index contributed by atoms with van der Waals surface area (Å²) in [5, 5.41) is 20.4. The first-order valence-electron chi connectivity index (χ1n) is 9.27. The number of hydrogen-bond acceptors (Lipinski definition) is 7. The molecule has 2 aliphatic heterocycles. The van der Waals surface area contributed by atoms with E-state index in [1.807, 2.05) is 6.92 Å². The molecule has 156 valence electrons. The van der Waals surface area contributed by atoms with E-state index >= 15 is 0 Å². The SMILES string of the molecule is Cc1cccc2c1S(=O)(=O)N(CC(=O)N[C@@H](C)C1CNC(C#N)NC1C)C(=O)N2. The number of nitriles is 1. The average Bonchev–Trinajstić information content (AvgIpc) is 2.64. The molecule has 0 bridgehead atoms. The topological polar surface area (TPSA) is 143 Å². The second-order valence-electron chi connectivity index (χ2n) is 7.34. The molecule has 1 aromatic rings. The van der Waals surface area contributed by atoms with Gasteiger partial charge in [-0.25, -0.2) is 17.5 Å². The van der Waals surface area contributed by atoms with Crippen molar-refractivity contribution in [2.75, 3.05) is 18.4 Å². The van der Waals surface area contributed by atoms with Gasteiger partial charge in [-0.2, -0.15) is 5.26 Å². The number of benzene rings is 1. The lowest BCUT2D eigenvalue weighted by molar-refractivity contribution is -0.122. The number of nitrogens with zero attached hydrogens (tertiary/aromatic N) is 2. The standard InChI is InChI=1S/C18H24N6O4S/c1-10-5-4-6-14-17(10)29(27,28)24(18(26)23-14)9-16(25)22-12(3)13-8-20-15(7-19)21-11(13)2/h4-6,11-13,15,20-21H,8-9H2,1-3H3,(H,22,25)(H,23,26)/t11?,12-,13?,15?/m0/s1. The van der Waals surface area contributed by atoms with E-state index in [1.165, 1.54) is 6.07 Å². The van der Waals surface area contributed by atoms with Gasteiger partial charge in [0.1, 0.15) is 17.6 Å².